The maximum atomic E-state index is 12.8. The molecule has 0 bridgehead atoms. The Morgan fingerprint density at radius 2 is 2.05 bits per heavy atom. The van der Waals surface area contributed by atoms with Crippen molar-refractivity contribution in [3.8, 4) is 23.1 Å². The molecule has 92 valence electrons. The molecule has 0 fully saturated rings. The van der Waals surface area contributed by atoms with Crippen molar-refractivity contribution >= 4 is 5.65 Å². The molecule has 0 saturated heterocycles. The number of rotatable bonds is 1. The van der Waals surface area contributed by atoms with Gasteiger partial charge in [0.05, 0.1) is 11.9 Å². The second-order valence-corrected chi connectivity index (χ2v) is 3.92. The minimum absolute atomic E-state index is 0.0157. The van der Waals surface area contributed by atoms with Crippen LogP contribution < -0.4 is 0 Å². The third-order valence-electron chi connectivity index (χ3n) is 2.73. The summed E-state index contributed by atoms with van der Waals surface area (Å²) >= 11 is 0. The predicted molar refractivity (Wildman–Crippen MR) is 64.8 cm³/mol. The highest BCUT2D eigenvalue weighted by Crippen LogP contribution is 2.26. The van der Waals surface area contributed by atoms with Crippen molar-refractivity contribution in [2.75, 3.05) is 0 Å². The third kappa shape index (κ3) is 1.77. The van der Waals surface area contributed by atoms with E-state index in [2.05, 4.69) is 9.97 Å². The first-order valence-corrected chi connectivity index (χ1v) is 5.41. The summed E-state index contributed by atoms with van der Waals surface area (Å²) in [4.78, 5) is 7.61. The largest absolute Gasteiger partial charge is 0.508 e. The second-order valence-electron chi connectivity index (χ2n) is 3.92. The number of hydrogen-bond donors (Lipinski definition) is 1. The third-order valence-corrected chi connectivity index (χ3v) is 2.73. The molecular formula is C13H7FN4O. The minimum atomic E-state index is -0.591. The number of nitrogens with zero attached hydrogens (tertiary/aromatic N) is 4. The van der Waals surface area contributed by atoms with Gasteiger partial charge in [-0.1, -0.05) is 0 Å². The highest BCUT2D eigenvalue weighted by Gasteiger charge is 2.11. The lowest BCUT2D eigenvalue weighted by atomic mass is 10.2. The molecule has 1 N–H and O–H groups in total. The fourth-order valence-corrected chi connectivity index (χ4v) is 1.92. The highest BCUT2D eigenvalue weighted by molar-refractivity contribution is 5.66. The maximum Gasteiger partial charge on any atom is 0.212 e. The molecule has 0 amide bonds. The van der Waals surface area contributed by atoms with E-state index < -0.39 is 5.95 Å². The molecule has 0 aliphatic heterocycles. The number of aromatic hydroxyl groups is 1. The van der Waals surface area contributed by atoms with Gasteiger partial charge in [0, 0.05) is 23.9 Å². The number of fused-ring (bicyclic) bond motifs is 1. The quantitative estimate of drug-likeness (QED) is 0.675. The van der Waals surface area contributed by atoms with Gasteiger partial charge in [0.25, 0.3) is 0 Å². The van der Waals surface area contributed by atoms with Gasteiger partial charge in [0.1, 0.15) is 23.2 Å². The zero-order chi connectivity index (χ0) is 13.4. The van der Waals surface area contributed by atoms with Crippen LogP contribution in [-0.4, -0.2) is 19.5 Å². The van der Waals surface area contributed by atoms with Crippen molar-refractivity contribution in [2.24, 2.45) is 0 Å². The fourth-order valence-electron chi connectivity index (χ4n) is 1.92. The summed E-state index contributed by atoms with van der Waals surface area (Å²) in [5.41, 5.74) is 1.87. The molecule has 0 radical (unpaired) electrons. The Morgan fingerprint density at radius 3 is 2.74 bits per heavy atom. The van der Waals surface area contributed by atoms with E-state index in [-0.39, 0.29) is 5.75 Å². The number of aromatic nitrogens is 3. The van der Waals surface area contributed by atoms with E-state index >= 15 is 0 Å². The fraction of sp³-hybridized carbons (Fsp3) is 0. The summed E-state index contributed by atoms with van der Waals surface area (Å²) < 4.78 is 14.4. The van der Waals surface area contributed by atoms with Gasteiger partial charge >= 0.3 is 0 Å². The van der Waals surface area contributed by atoms with E-state index in [1.54, 1.807) is 4.40 Å². The summed E-state index contributed by atoms with van der Waals surface area (Å²) in [7, 11) is 0. The van der Waals surface area contributed by atoms with Gasteiger partial charge in [-0.2, -0.15) is 9.65 Å². The van der Waals surface area contributed by atoms with Gasteiger partial charge < -0.3 is 5.11 Å². The van der Waals surface area contributed by atoms with E-state index in [1.807, 2.05) is 6.07 Å². The predicted octanol–water partition coefficient (Wildman–Crippen LogP) is 2.11. The normalized spacial score (nSPS) is 10.5. The number of imidazole rings is 1. The molecule has 6 heteroatoms. The van der Waals surface area contributed by atoms with Crippen LogP contribution in [0.4, 0.5) is 4.39 Å². The Labute approximate surface area is 107 Å². The molecule has 3 aromatic heterocycles. The van der Waals surface area contributed by atoms with E-state index in [4.69, 9.17) is 5.26 Å². The number of halogens is 1. The van der Waals surface area contributed by atoms with E-state index in [9.17, 15) is 9.50 Å². The summed E-state index contributed by atoms with van der Waals surface area (Å²) in [6.07, 6.45) is 2.75. The summed E-state index contributed by atoms with van der Waals surface area (Å²) in [5, 5.41) is 18.7. The minimum Gasteiger partial charge on any atom is -0.508 e. The van der Waals surface area contributed by atoms with Crippen LogP contribution >= 0.6 is 0 Å². The zero-order valence-corrected chi connectivity index (χ0v) is 9.58. The van der Waals surface area contributed by atoms with Crippen LogP contribution in [0.5, 0.6) is 5.75 Å². The van der Waals surface area contributed by atoms with Crippen LogP contribution in [0.25, 0.3) is 16.9 Å². The SMILES string of the molecule is N#Cc1cnc2cc(O)cc(-c3ccc(F)nc3)n12. The smallest absolute Gasteiger partial charge is 0.212 e. The summed E-state index contributed by atoms with van der Waals surface area (Å²) in [6, 6.07) is 7.68. The molecule has 19 heavy (non-hydrogen) atoms. The van der Waals surface area contributed by atoms with Gasteiger partial charge in [0.2, 0.25) is 5.95 Å². The monoisotopic (exact) mass is 254 g/mol. The molecule has 0 atom stereocenters. The molecule has 0 aliphatic carbocycles. The Hall–Kier alpha value is -2.94. The number of hydrogen-bond acceptors (Lipinski definition) is 4. The van der Waals surface area contributed by atoms with Crippen LogP contribution in [0, 0.1) is 17.3 Å². The van der Waals surface area contributed by atoms with Crippen LogP contribution in [0.1, 0.15) is 5.69 Å². The molecule has 3 heterocycles. The van der Waals surface area contributed by atoms with Crippen LogP contribution in [0.15, 0.2) is 36.7 Å². The lowest BCUT2D eigenvalue weighted by Crippen LogP contribution is -1.95. The molecule has 0 saturated carbocycles. The molecular weight excluding hydrogens is 247 g/mol. The molecule has 0 unspecified atom stereocenters. The van der Waals surface area contributed by atoms with Crippen molar-refractivity contribution < 1.29 is 9.50 Å². The Morgan fingerprint density at radius 1 is 1.21 bits per heavy atom. The first kappa shape index (κ1) is 11.2. The zero-order valence-electron chi connectivity index (χ0n) is 9.58. The van der Waals surface area contributed by atoms with Gasteiger partial charge in [-0.3, -0.25) is 4.40 Å². The van der Waals surface area contributed by atoms with Crippen molar-refractivity contribution in [3.05, 3.63) is 48.3 Å². The van der Waals surface area contributed by atoms with E-state index in [0.717, 1.165) is 0 Å². The maximum absolute atomic E-state index is 12.8. The standard InChI is InChI=1S/C13H7FN4O/c14-12-2-1-8(6-16-12)11-3-10(19)4-13-17-7-9(5-15)18(11)13/h1-4,6-7,19H. The molecule has 3 rings (SSSR count). The van der Waals surface area contributed by atoms with Crippen molar-refractivity contribution in [2.45, 2.75) is 0 Å². The van der Waals surface area contributed by atoms with E-state index in [0.29, 0.717) is 22.6 Å². The second kappa shape index (κ2) is 4.07. The van der Waals surface area contributed by atoms with Crippen molar-refractivity contribution in [1.29, 1.82) is 5.26 Å². The van der Waals surface area contributed by atoms with Crippen molar-refractivity contribution in [1.82, 2.24) is 14.4 Å². The molecule has 0 aromatic carbocycles. The van der Waals surface area contributed by atoms with Gasteiger partial charge in [-0.05, 0) is 12.1 Å². The van der Waals surface area contributed by atoms with Crippen LogP contribution in [0.2, 0.25) is 0 Å². The first-order chi connectivity index (χ1) is 9.19. The average molecular weight is 254 g/mol. The van der Waals surface area contributed by atoms with Gasteiger partial charge in [-0.15, -0.1) is 0 Å². The van der Waals surface area contributed by atoms with Crippen molar-refractivity contribution in [3.63, 3.8) is 0 Å². The first-order valence-electron chi connectivity index (χ1n) is 5.41. The summed E-state index contributed by atoms with van der Waals surface area (Å²) in [5.74, 6) is -0.576. The number of pyridine rings is 2. The Kier molecular flexibility index (Phi) is 2.39. The molecule has 0 spiro atoms. The molecule has 5 nitrogen and oxygen atoms in total. The lowest BCUT2D eigenvalue weighted by Gasteiger charge is -2.07. The lowest BCUT2D eigenvalue weighted by molar-refractivity contribution is 0.475. The van der Waals surface area contributed by atoms with E-state index in [1.165, 1.54) is 36.7 Å². The highest BCUT2D eigenvalue weighted by atomic mass is 19.1. The van der Waals surface area contributed by atoms with Crippen LogP contribution in [0.3, 0.4) is 0 Å². The van der Waals surface area contributed by atoms with Crippen LogP contribution in [-0.2, 0) is 0 Å². The summed E-state index contributed by atoms with van der Waals surface area (Å²) in [6.45, 7) is 0. The average Bonchev–Trinajstić information content (AvgIpc) is 2.81. The van der Waals surface area contributed by atoms with Gasteiger partial charge in [0.15, 0.2) is 0 Å². The topological polar surface area (TPSA) is 74.2 Å². The molecule has 0 aliphatic rings. The number of nitriles is 1. The Balaban J connectivity index is 2.36. The van der Waals surface area contributed by atoms with Gasteiger partial charge in [-0.25, -0.2) is 9.97 Å². The Bertz CT molecular complexity index is 802. The molecule has 3 aromatic rings.